The third-order valence-corrected chi connectivity index (χ3v) is 3.44. The number of piperazine rings is 1. The third-order valence-electron chi connectivity index (χ3n) is 3.22. The maximum atomic E-state index is 5.94. The lowest BCUT2D eigenvalue weighted by Gasteiger charge is -2.35. The minimum Gasteiger partial charge on any atom is -0.496 e. The van der Waals surface area contributed by atoms with Crippen molar-refractivity contribution < 1.29 is 4.74 Å². The molecule has 1 atom stereocenters. The molecular formula is C13H19N3OS. The van der Waals surface area contributed by atoms with Crippen LogP contribution in [0.2, 0.25) is 0 Å². The monoisotopic (exact) mass is 265 g/mol. The van der Waals surface area contributed by atoms with Gasteiger partial charge in [0.1, 0.15) is 5.75 Å². The summed E-state index contributed by atoms with van der Waals surface area (Å²) >= 11 is 5.25. The normalized spacial score (nSPS) is 18.3. The molecule has 1 aromatic rings. The molecule has 1 aliphatic rings. The first-order valence-electron chi connectivity index (χ1n) is 6.11. The second kappa shape index (κ2) is 6.13. The van der Waals surface area contributed by atoms with Crippen LogP contribution in [0.1, 0.15) is 11.6 Å². The number of methoxy groups -OCH3 is 1. The van der Waals surface area contributed by atoms with Gasteiger partial charge in [0.25, 0.3) is 0 Å². The summed E-state index contributed by atoms with van der Waals surface area (Å²) in [4.78, 5) is 2.80. The Morgan fingerprint density at radius 3 is 2.67 bits per heavy atom. The Hall–Kier alpha value is -1.17. The Morgan fingerprint density at radius 2 is 2.06 bits per heavy atom. The van der Waals surface area contributed by atoms with Crippen molar-refractivity contribution in [2.45, 2.75) is 6.04 Å². The van der Waals surface area contributed by atoms with Gasteiger partial charge in [-0.25, -0.2) is 0 Å². The van der Waals surface area contributed by atoms with Gasteiger partial charge in [-0.3, -0.25) is 4.90 Å². The highest BCUT2D eigenvalue weighted by atomic mass is 32.1. The molecular weight excluding hydrogens is 246 g/mol. The number of nitrogens with two attached hydrogens (primary N) is 1. The average Bonchev–Trinajstić information content (AvgIpc) is 2.40. The van der Waals surface area contributed by atoms with Gasteiger partial charge in [-0.05, 0) is 6.07 Å². The molecule has 1 fully saturated rings. The highest BCUT2D eigenvalue weighted by Gasteiger charge is 2.26. The first-order chi connectivity index (χ1) is 8.74. The van der Waals surface area contributed by atoms with Crippen molar-refractivity contribution in [3.05, 3.63) is 29.8 Å². The summed E-state index contributed by atoms with van der Waals surface area (Å²) in [6, 6.07) is 7.88. The number of benzene rings is 1. The molecule has 0 bridgehead atoms. The summed E-state index contributed by atoms with van der Waals surface area (Å²) in [6.45, 7) is 3.82. The molecule has 1 aliphatic heterocycles. The number of hydrogen-bond donors (Lipinski definition) is 2. The van der Waals surface area contributed by atoms with E-state index in [0.29, 0.717) is 4.99 Å². The molecule has 1 aromatic carbocycles. The zero-order valence-electron chi connectivity index (χ0n) is 10.6. The number of nitrogens with zero attached hydrogens (tertiary/aromatic N) is 1. The molecule has 1 saturated heterocycles. The predicted molar refractivity (Wildman–Crippen MR) is 77.0 cm³/mol. The molecule has 5 heteroatoms. The van der Waals surface area contributed by atoms with E-state index in [0.717, 1.165) is 37.5 Å². The van der Waals surface area contributed by atoms with Crippen molar-refractivity contribution in [1.82, 2.24) is 10.2 Å². The van der Waals surface area contributed by atoms with Crippen LogP contribution >= 0.6 is 12.2 Å². The van der Waals surface area contributed by atoms with Crippen molar-refractivity contribution >= 4 is 17.2 Å². The van der Waals surface area contributed by atoms with Crippen molar-refractivity contribution in [1.29, 1.82) is 0 Å². The molecule has 4 nitrogen and oxygen atoms in total. The van der Waals surface area contributed by atoms with Crippen LogP contribution < -0.4 is 15.8 Å². The lowest BCUT2D eigenvalue weighted by atomic mass is 10.0. The van der Waals surface area contributed by atoms with E-state index in [-0.39, 0.29) is 6.04 Å². The van der Waals surface area contributed by atoms with E-state index in [1.54, 1.807) is 7.11 Å². The van der Waals surface area contributed by atoms with Gasteiger partial charge in [0, 0.05) is 31.7 Å². The summed E-state index contributed by atoms with van der Waals surface area (Å²) in [5.41, 5.74) is 6.99. The van der Waals surface area contributed by atoms with Gasteiger partial charge in [-0.1, -0.05) is 30.4 Å². The molecule has 1 unspecified atom stereocenters. The van der Waals surface area contributed by atoms with Crippen molar-refractivity contribution in [2.24, 2.45) is 5.73 Å². The number of hydrogen-bond acceptors (Lipinski definition) is 4. The smallest absolute Gasteiger partial charge is 0.124 e. The van der Waals surface area contributed by atoms with Crippen molar-refractivity contribution in [2.75, 3.05) is 33.3 Å². The third kappa shape index (κ3) is 2.80. The van der Waals surface area contributed by atoms with Gasteiger partial charge in [-0.2, -0.15) is 0 Å². The van der Waals surface area contributed by atoms with E-state index >= 15 is 0 Å². The van der Waals surface area contributed by atoms with Crippen LogP contribution in [0.25, 0.3) is 0 Å². The highest BCUT2D eigenvalue weighted by molar-refractivity contribution is 7.80. The van der Waals surface area contributed by atoms with Gasteiger partial charge in [0.05, 0.1) is 18.1 Å². The van der Waals surface area contributed by atoms with Crippen LogP contribution in [0, 0.1) is 0 Å². The Balaban J connectivity index is 2.31. The highest BCUT2D eigenvalue weighted by Crippen LogP contribution is 2.29. The lowest BCUT2D eigenvalue weighted by molar-refractivity contribution is 0.212. The molecule has 0 aromatic heterocycles. The fraction of sp³-hybridized carbons (Fsp3) is 0.462. The zero-order valence-corrected chi connectivity index (χ0v) is 11.4. The van der Waals surface area contributed by atoms with Crippen LogP contribution in [-0.2, 0) is 0 Å². The van der Waals surface area contributed by atoms with E-state index in [1.165, 1.54) is 0 Å². The topological polar surface area (TPSA) is 50.5 Å². The van der Waals surface area contributed by atoms with Gasteiger partial charge in [0.15, 0.2) is 0 Å². The van der Waals surface area contributed by atoms with Crippen LogP contribution in [0.3, 0.4) is 0 Å². The van der Waals surface area contributed by atoms with Crippen LogP contribution in [0.15, 0.2) is 24.3 Å². The van der Waals surface area contributed by atoms with Crippen molar-refractivity contribution in [3.63, 3.8) is 0 Å². The molecule has 2 rings (SSSR count). The summed E-state index contributed by atoms with van der Waals surface area (Å²) in [5.74, 6) is 0.842. The number of rotatable bonds is 4. The largest absolute Gasteiger partial charge is 0.496 e. The fourth-order valence-electron chi connectivity index (χ4n) is 2.36. The molecule has 0 spiro atoms. The van der Waals surface area contributed by atoms with E-state index in [2.05, 4.69) is 10.2 Å². The number of ether oxygens (including phenoxy) is 1. The Morgan fingerprint density at radius 1 is 1.39 bits per heavy atom. The summed E-state index contributed by atoms with van der Waals surface area (Å²) in [7, 11) is 1.67. The van der Waals surface area contributed by atoms with Crippen LogP contribution in [0.5, 0.6) is 5.75 Å². The number of para-hydroxylation sites is 1. The maximum absolute atomic E-state index is 5.94. The second-order valence-electron chi connectivity index (χ2n) is 4.33. The molecule has 98 valence electrons. The first-order valence-corrected chi connectivity index (χ1v) is 6.52. The van der Waals surface area contributed by atoms with E-state index in [9.17, 15) is 0 Å². The number of thiocarbonyl (C=S) groups is 1. The predicted octanol–water partition coefficient (Wildman–Crippen LogP) is 0.928. The minimum atomic E-state index is -0.0433. The first kappa shape index (κ1) is 13.3. The van der Waals surface area contributed by atoms with Crippen LogP contribution in [-0.4, -0.2) is 43.2 Å². The van der Waals surface area contributed by atoms with Crippen molar-refractivity contribution in [3.8, 4) is 5.75 Å². The molecule has 0 amide bonds. The maximum Gasteiger partial charge on any atom is 0.124 e. The van der Waals surface area contributed by atoms with Gasteiger partial charge < -0.3 is 15.8 Å². The van der Waals surface area contributed by atoms with Gasteiger partial charge in [0.2, 0.25) is 0 Å². The average molecular weight is 265 g/mol. The quantitative estimate of drug-likeness (QED) is 0.793. The second-order valence-corrected chi connectivity index (χ2v) is 4.80. The summed E-state index contributed by atoms with van der Waals surface area (Å²) in [6.07, 6.45) is 0. The molecule has 0 saturated carbocycles. The molecule has 0 radical (unpaired) electrons. The van der Waals surface area contributed by atoms with Crippen LogP contribution in [0.4, 0.5) is 0 Å². The van der Waals surface area contributed by atoms with E-state index < -0.39 is 0 Å². The summed E-state index contributed by atoms with van der Waals surface area (Å²) < 4.78 is 5.41. The Kier molecular flexibility index (Phi) is 4.52. The van der Waals surface area contributed by atoms with Gasteiger partial charge in [-0.15, -0.1) is 0 Å². The lowest BCUT2D eigenvalue weighted by Crippen LogP contribution is -2.48. The molecule has 0 aliphatic carbocycles. The fourth-order valence-corrected chi connectivity index (χ4v) is 2.64. The standard InChI is InChI=1S/C13H19N3OS/c1-17-11-5-3-2-4-10(11)12(13(14)18)16-8-6-15-7-9-16/h2-5,12,15H,6-9H2,1H3,(H2,14,18). The van der Waals surface area contributed by atoms with E-state index in [1.807, 2.05) is 24.3 Å². The van der Waals surface area contributed by atoms with E-state index in [4.69, 9.17) is 22.7 Å². The molecule has 3 N–H and O–H groups in total. The van der Waals surface area contributed by atoms with Gasteiger partial charge >= 0.3 is 0 Å². The number of nitrogens with one attached hydrogen (secondary N) is 1. The SMILES string of the molecule is COc1ccccc1C(C(N)=S)N1CCNCC1. The molecule has 18 heavy (non-hydrogen) atoms. The Bertz CT molecular complexity index is 418. The summed E-state index contributed by atoms with van der Waals surface area (Å²) in [5, 5.41) is 3.33. The zero-order chi connectivity index (χ0) is 13.0. The minimum absolute atomic E-state index is 0.0433. The Labute approximate surface area is 113 Å². The molecule has 1 heterocycles.